The van der Waals surface area contributed by atoms with Gasteiger partial charge in [0.1, 0.15) is 11.8 Å². The lowest BCUT2D eigenvalue weighted by Gasteiger charge is -2.52. The summed E-state index contributed by atoms with van der Waals surface area (Å²) < 4.78 is 14.3. The second kappa shape index (κ2) is 13.7. The number of Topliss-reactive ketones (excluding diaryl/α,β-unsaturated/α-hetero) is 1. The Kier molecular flexibility index (Phi) is 9.22. The van der Waals surface area contributed by atoms with Gasteiger partial charge in [0.15, 0.2) is 0 Å². The Morgan fingerprint density at radius 1 is 1.18 bits per heavy atom. The first-order valence-electron chi connectivity index (χ1n) is 20.1. The fourth-order valence-corrected chi connectivity index (χ4v) is 13.2. The van der Waals surface area contributed by atoms with Crippen molar-refractivity contribution in [1.82, 2.24) is 25.0 Å². The lowest BCUT2D eigenvalue weighted by molar-refractivity contribution is -0.167. The number of carbonyl (C=O) groups is 3. The first-order chi connectivity index (χ1) is 26.5. The number of ketones is 1. The van der Waals surface area contributed by atoms with Crippen LogP contribution in [0.25, 0.3) is 33.4 Å². The molecule has 288 valence electrons. The number of amides is 1. The molecule has 1 amide bonds. The number of nitrogens with zero attached hydrogens (tertiary/aromatic N) is 4. The zero-order valence-electron chi connectivity index (χ0n) is 32.7. The number of aryl methyl sites for hydroxylation is 1. The summed E-state index contributed by atoms with van der Waals surface area (Å²) in [5.41, 5.74) is 9.69. The molecule has 8 atom stereocenters. The maximum absolute atomic E-state index is 15.0. The number of hydrogen-bond donors (Lipinski definition) is 1. The van der Waals surface area contributed by atoms with Crippen molar-refractivity contribution in [2.45, 2.75) is 103 Å². The number of esters is 1. The number of pyridine rings is 1. The van der Waals surface area contributed by atoms with Crippen LogP contribution >= 0.6 is 11.3 Å². The number of hydrogen-bond acceptors (Lipinski definition) is 9. The third-order valence-electron chi connectivity index (χ3n) is 13.4. The van der Waals surface area contributed by atoms with E-state index in [0.29, 0.717) is 53.2 Å². The zero-order chi connectivity index (χ0) is 38.4. The van der Waals surface area contributed by atoms with Crippen molar-refractivity contribution < 1.29 is 23.9 Å². The van der Waals surface area contributed by atoms with Crippen LogP contribution in [0.15, 0.2) is 41.9 Å². The van der Waals surface area contributed by atoms with Crippen LogP contribution in [0.1, 0.15) is 82.7 Å². The minimum absolute atomic E-state index is 0.0306. The summed E-state index contributed by atoms with van der Waals surface area (Å²) in [6.07, 6.45) is 5.93. The lowest BCUT2D eigenvalue weighted by Crippen LogP contribution is -2.64. The Balaban J connectivity index is 1.19. The average Bonchev–Trinajstić information content (AvgIpc) is 3.58. The predicted octanol–water partition coefficient (Wildman–Crippen LogP) is 7.24. The highest BCUT2D eigenvalue weighted by Crippen LogP contribution is 2.77. The van der Waals surface area contributed by atoms with Crippen LogP contribution < -0.4 is 5.43 Å². The third-order valence-corrected chi connectivity index (χ3v) is 16.1. The normalized spacial score (nSPS) is 30.5. The summed E-state index contributed by atoms with van der Waals surface area (Å²) in [5, 5.41) is 5.80. The standard InChI is InChI=1S/C43H51N5O5SSi/c1-7-47-32-15-13-25-18-28(32)29(36(47)27-10-8-16-44-35(27)24(3)52-6)19-42(4,5)22-53-40(50)30-11-9-17-48(46-30)41(51)43(20-33-45-31(25)21-54-33)34(38-39(43)55-38)37(49)26-14-12-23(26)2/h8,10,13,15-16,18,21,23-24,26,30,34,38-39,46H,7,9,11-12,14,17,19-20,22H2,1-6H3/t23-,24+,26-,30+,34?,38?,39?,43?/m1/s1. The first kappa shape index (κ1) is 36.9. The number of ether oxygens (including phenoxy) is 2. The Hall–Kier alpha value is -3.71. The quantitative estimate of drug-likeness (QED) is 0.161. The van der Waals surface area contributed by atoms with E-state index in [1.165, 1.54) is 5.56 Å². The Labute approximate surface area is 329 Å². The molecular weight excluding hydrogens is 727 g/mol. The van der Waals surface area contributed by atoms with Crippen molar-refractivity contribution in [3.05, 3.63) is 58.2 Å². The number of fused-ring (bicyclic) bond motifs is 8. The van der Waals surface area contributed by atoms with Crippen molar-refractivity contribution in [3.63, 3.8) is 0 Å². The number of cyclic esters (lactones) is 1. The van der Waals surface area contributed by atoms with Gasteiger partial charge in [-0.1, -0.05) is 26.8 Å². The molecule has 6 heterocycles. The van der Waals surface area contributed by atoms with E-state index in [-0.39, 0.29) is 47.7 Å². The number of methoxy groups -OCH3 is 1. The van der Waals surface area contributed by atoms with Gasteiger partial charge in [0, 0.05) is 87.0 Å². The van der Waals surface area contributed by atoms with Crippen molar-refractivity contribution in [2.24, 2.45) is 28.6 Å². The van der Waals surface area contributed by atoms with Gasteiger partial charge < -0.3 is 14.0 Å². The SMILES string of the molecule is CCn1c(-c2cccnc2[C@H](C)OC)c2c3cc(ccc31)-c1csc(n1)CC1(C(=O)N3CCC[C@H](N3)C(=O)OCC(C)(C)C2)C2[Si]C2C1C(=O)[C@@H]1CC[C@H]1C. The molecule has 2 saturated heterocycles. The second-order valence-corrected chi connectivity index (χ2v) is 20.0. The maximum atomic E-state index is 15.0. The molecule has 4 unspecified atom stereocenters. The van der Waals surface area contributed by atoms with Gasteiger partial charge in [-0.05, 0) is 92.8 Å². The molecule has 3 aliphatic heterocycles. The average molecular weight is 778 g/mol. The van der Waals surface area contributed by atoms with Crippen LogP contribution in [0.3, 0.4) is 0 Å². The van der Waals surface area contributed by atoms with E-state index in [1.54, 1.807) is 23.5 Å². The Bertz CT molecular complexity index is 2200. The molecule has 5 aliphatic rings. The van der Waals surface area contributed by atoms with E-state index >= 15 is 0 Å². The van der Waals surface area contributed by atoms with Gasteiger partial charge in [0.2, 0.25) is 5.91 Å². The van der Waals surface area contributed by atoms with Gasteiger partial charge in [0.05, 0.1) is 40.2 Å². The number of rotatable bonds is 6. The molecule has 55 heavy (non-hydrogen) atoms. The van der Waals surface area contributed by atoms with Gasteiger partial charge in [-0.15, -0.1) is 11.3 Å². The second-order valence-electron chi connectivity index (χ2n) is 17.4. The highest BCUT2D eigenvalue weighted by Gasteiger charge is 2.77. The van der Waals surface area contributed by atoms with Crippen molar-refractivity contribution in [1.29, 1.82) is 0 Å². The fraction of sp³-hybridized carbons (Fsp3) is 0.558. The van der Waals surface area contributed by atoms with Gasteiger partial charge in [-0.3, -0.25) is 24.4 Å². The minimum Gasteiger partial charge on any atom is -0.464 e. The number of carbonyl (C=O) groups excluding carboxylic acids is 3. The summed E-state index contributed by atoms with van der Waals surface area (Å²) >= 11 is 1.59. The number of thiazole rings is 1. The van der Waals surface area contributed by atoms with Crippen molar-refractivity contribution in [2.75, 3.05) is 20.3 Å². The van der Waals surface area contributed by atoms with Crippen molar-refractivity contribution >= 4 is 49.4 Å². The van der Waals surface area contributed by atoms with Crippen LogP contribution in [-0.4, -0.2) is 73.0 Å². The summed E-state index contributed by atoms with van der Waals surface area (Å²) in [5.74, 6) is -0.0199. The molecule has 9 rings (SSSR count). The number of aromatic nitrogens is 3. The molecular formula is C43H51N5O5SSi. The van der Waals surface area contributed by atoms with Crippen LogP contribution in [0, 0.1) is 28.6 Å². The van der Waals surface area contributed by atoms with E-state index in [0.717, 1.165) is 63.5 Å². The molecule has 2 radical (unpaired) electrons. The van der Waals surface area contributed by atoms with Crippen LogP contribution in [0.5, 0.6) is 0 Å². The molecule has 12 heteroatoms. The molecule has 1 aromatic carbocycles. The van der Waals surface area contributed by atoms with Crippen LogP contribution in [0.2, 0.25) is 11.1 Å². The summed E-state index contributed by atoms with van der Waals surface area (Å²) in [6.45, 7) is 12.1. The lowest BCUT2D eigenvalue weighted by atomic mass is 9.52. The summed E-state index contributed by atoms with van der Waals surface area (Å²) in [4.78, 5) is 53.2. The maximum Gasteiger partial charge on any atom is 0.324 e. The molecule has 1 N–H and O–H groups in total. The van der Waals surface area contributed by atoms with Crippen LogP contribution in [-0.2, 0) is 43.2 Å². The molecule has 2 saturated carbocycles. The fourth-order valence-electron chi connectivity index (χ4n) is 10.1. The van der Waals surface area contributed by atoms with Gasteiger partial charge in [-0.25, -0.2) is 10.4 Å². The Morgan fingerprint density at radius 2 is 2.02 bits per heavy atom. The van der Waals surface area contributed by atoms with E-state index in [9.17, 15) is 14.4 Å². The summed E-state index contributed by atoms with van der Waals surface area (Å²) in [7, 11) is 2.32. The van der Waals surface area contributed by atoms with Gasteiger partial charge in [-0.2, -0.15) is 0 Å². The minimum atomic E-state index is -0.845. The summed E-state index contributed by atoms with van der Waals surface area (Å²) in [6, 6.07) is 10.1. The molecule has 6 bridgehead atoms. The molecule has 4 fully saturated rings. The number of benzene rings is 1. The molecule has 2 aliphatic carbocycles. The topological polar surface area (TPSA) is 116 Å². The molecule has 1 spiro atoms. The van der Waals surface area contributed by atoms with E-state index in [2.05, 4.69) is 67.3 Å². The molecule has 3 aromatic heterocycles. The molecule has 4 aromatic rings. The number of hydrazine groups is 1. The highest BCUT2D eigenvalue weighted by atomic mass is 32.1. The van der Waals surface area contributed by atoms with Gasteiger partial charge >= 0.3 is 5.97 Å². The highest BCUT2D eigenvalue weighted by molar-refractivity contribution is 7.10. The third kappa shape index (κ3) is 5.96. The Morgan fingerprint density at radius 3 is 2.76 bits per heavy atom. The van der Waals surface area contributed by atoms with Crippen molar-refractivity contribution in [3.8, 4) is 22.5 Å². The predicted molar refractivity (Wildman–Crippen MR) is 213 cm³/mol. The zero-order valence-corrected chi connectivity index (χ0v) is 34.5. The largest absolute Gasteiger partial charge is 0.464 e. The van der Waals surface area contributed by atoms with Crippen LogP contribution in [0.4, 0.5) is 0 Å². The van der Waals surface area contributed by atoms with Gasteiger partial charge in [0.25, 0.3) is 0 Å². The first-order valence-corrected chi connectivity index (χ1v) is 22.1. The monoisotopic (exact) mass is 777 g/mol. The molecule has 10 nitrogen and oxygen atoms in total. The van der Waals surface area contributed by atoms with E-state index < -0.39 is 16.9 Å². The smallest absolute Gasteiger partial charge is 0.324 e. The van der Waals surface area contributed by atoms with E-state index in [4.69, 9.17) is 19.4 Å². The van der Waals surface area contributed by atoms with E-state index in [1.807, 2.05) is 19.2 Å². The number of nitrogens with one attached hydrogen (secondary N) is 1.